The molecular weight excluding hydrogens is 387 g/mol. The molecule has 1 saturated heterocycles. The summed E-state index contributed by atoms with van der Waals surface area (Å²) in [5.41, 5.74) is 1.73. The summed E-state index contributed by atoms with van der Waals surface area (Å²) in [5.74, 6) is 0. The van der Waals surface area contributed by atoms with E-state index in [1.54, 1.807) is 24.3 Å². The van der Waals surface area contributed by atoms with Crippen molar-refractivity contribution in [2.45, 2.75) is 6.54 Å². The van der Waals surface area contributed by atoms with E-state index in [2.05, 4.69) is 15.1 Å². The molecule has 0 aliphatic carbocycles. The van der Waals surface area contributed by atoms with E-state index in [9.17, 15) is 10.1 Å². The molecule has 0 unspecified atom stereocenters. The summed E-state index contributed by atoms with van der Waals surface area (Å²) >= 11 is 12.3. The minimum Gasteiger partial charge on any atom is -0.378 e. The Bertz CT molecular complexity index is 795. The maximum Gasteiger partial charge on any atom is 0.292 e. The lowest BCUT2D eigenvalue weighted by atomic mass is 10.2. The van der Waals surface area contributed by atoms with Crippen LogP contribution in [0.3, 0.4) is 0 Å². The van der Waals surface area contributed by atoms with Gasteiger partial charge in [0, 0.05) is 61.9 Å². The van der Waals surface area contributed by atoms with Crippen LogP contribution in [0.5, 0.6) is 0 Å². The van der Waals surface area contributed by atoms with Gasteiger partial charge in [0.1, 0.15) is 5.69 Å². The first-order chi connectivity index (χ1) is 13.0. The maximum absolute atomic E-state index is 11.0. The number of hydrogen-bond donors (Lipinski definition) is 1. The zero-order valence-corrected chi connectivity index (χ0v) is 16.4. The number of nitrogens with zero attached hydrogens (tertiary/aromatic N) is 3. The third-order valence-electron chi connectivity index (χ3n) is 4.71. The molecule has 0 aromatic heterocycles. The number of anilines is 1. The van der Waals surface area contributed by atoms with Gasteiger partial charge in [-0.25, -0.2) is 0 Å². The summed E-state index contributed by atoms with van der Waals surface area (Å²) in [6, 6.07) is 12.3. The van der Waals surface area contributed by atoms with Crippen molar-refractivity contribution in [3.8, 4) is 0 Å². The molecule has 0 amide bonds. The third-order valence-corrected chi connectivity index (χ3v) is 5.31. The molecule has 27 heavy (non-hydrogen) atoms. The van der Waals surface area contributed by atoms with Gasteiger partial charge in [-0.15, -0.1) is 0 Å². The van der Waals surface area contributed by atoms with Crippen LogP contribution in [0.2, 0.25) is 10.0 Å². The van der Waals surface area contributed by atoms with E-state index < -0.39 is 0 Å². The molecule has 0 radical (unpaired) electrons. The lowest BCUT2D eigenvalue weighted by Crippen LogP contribution is -2.47. The Kier molecular flexibility index (Phi) is 6.90. The van der Waals surface area contributed by atoms with Crippen molar-refractivity contribution in [3.63, 3.8) is 0 Å². The van der Waals surface area contributed by atoms with Crippen molar-refractivity contribution >= 4 is 34.6 Å². The molecule has 2 aromatic rings. The molecule has 0 atom stereocenters. The van der Waals surface area contributed by atoms with Gasteiger partial charge in [0.25, 0.3) is 5.69 Å². The van der Waals surface area contributed by atoms with Gasteiger partial charge < -0.3 is 5.32 Å². The van der Waals surface area contributed by atoms with Crippen molar-refractivity contribution in [2.24, 2.45) is 0 Å². The standard InChI is InChI=1S/C19H22Cl2N4O2/c20-16-5-6-17(21)15(13-16)14-24-11-9-23(10-12-24)8-7-22-18-3-1-2-4-19(18)25(26)27/h1-6,13,22H,7-12,14H2. The van der Waals surface area contributed by atoms with Crippen LogP contribution >= 0.6 is 23.2 Å². The van der Waals surface area contributed by atoms with Gasteiger partial charge in [-0.05, 0) is 29.8 Å². The fraction of sp³-hybridized carbons (Fsp3) is 0.368. The van der Waals surface area contributed by atoms with E-state index in [0.717, 1.165) is 49.9 Å². The lowest BCUT2D eigenvalue weighted by molar-refractivity contribution is -0.384. The Morgan fingerprint density at radius 1 is 1.04 bits per heavy atom. The van der Waals surface area contributed by atoms with Crippen molar-refractivity contribution in [1.29, 1.82) is 0 Å². The summed E-state index contributed by atoms with van der Waals surface area (Å²) in [4.78, 5) is 15.4. The second-order valence-corrected chi connectivity index (χ2v) is 7.40. The Morgan fingerprint density at radius 2 is 1.74 bits per heavy atom. The van der Waals surface area contributed by atoms with Crippen LogP contribution in [0.1, 0.15) is 5.56 Å². The first-order valence-corrected chi connectivity index (χ1v) is 9.64. The van der Waals surface area contributed by atoms with Gasteiger partial charge in [-0.3, -0.25) is 19.9 Å². The molecule has 1 fully saturated rings. The highest BCUT2D eigenvalue weighted by atomic mass is 35.5. The second-order valence-electron chi connectivity index (χ2n) is 6.55. The van der Waals surface area contributed by atoms with E-state index in [-0.39, 0.29) is 10.6 Å². The predicted octanol–water partition coefficient (Wildman–Crippen LogP) is 4.13. The number of rotatable bonds is 7. The van der Waals surface area contributed by atoms with Crippen LogP contribution in [0.4, 0.5) is 11.4 Å². The fourth-order valence-corrected chi connectivity index (χ4v) is 3.58. The first-order valence-electron chi connectivity index (χ1n) is 8.89. The molecule has 0 saturated carbocycles. The molecule has 0 bridgehead atoms. The smallest absolute Gasteiger partial charge is 0.292 e. The van der Waals surface area contributed by atoms with Gasteiger partial charge in [0.15, 0.2) is 0 Å². The van der Waals surface area contributed by atoms with Crippen LogP contribution in [0.25, 0.3) is 0 Å². The summed E-state index contributed by atoms with van der Waals surface area (Å²) in [6.07, 6.45) is 0. The normalized spacial score (nSPS) is 15.6. The van der Waals surface area contributed by atoms with Crippen LogP contribution < -0.4 is 5.32 Å². The molecule has 0 spiro atoms. The van der Waals surface area contributed by atoms with Crippen LogP contribution in [-0.4, -0.2) is 54.0 Å². The van der Waals surface area contributed by atoms with E-state index in [1.165, 1.54) is 6.07 Å². The van der Waals surface area contributed by atoms with E-state index in [1.807, 2.05) is 12.1 Å². The monoisotopic (exact) mass is 408 g/mol. The number of nitrogens with one attached hydrogen (secondary N) is 1. The first kappa shape index (κ1) is 19.9. The number of piperazine rings is 1. The number of para-hydroxylation sites is 2. The SMILES string of the molecule is O=[N+]([O-])c1ccccc1NCCN1CCN(Cc2cc(Cl)ccc2Cl)CC1. The molecule has 1 N–H and O–H groups in total. The molecule has 144 valence electrons. The minimum absolute atomic E-state index is 0.112. The highest BCUT2D eigenvalue weighted by Crippen LogP contribution is 2.24. The molecule has 6 nitrogen and oxygen atoms in total. The van der Waals surface area contributed by atoms with Gasteiger partial charge in [0.05, 0.1) is 4.92 Å². The lowest BCUT2D eigenvalue weighted by Gasteiger charge is -2.34. The molecule has 2 aromatic carbocycles. The average Bonchev–Trinajstić information content (AvgIpc) is 2.66. The Balaban J connectivity index is 1.44. The zero-order chi connectivity index (χ0) is 19.2. The maximum atomic E-state index is 11.0. The number of nitro groups is 1. The van der Waals surface area contributed by atoms with Crippen LogP contribution in [0.15, 0.2) is 42.5 Å². The summed E-state index contributed by atoms with van der Waals surface area (Å²) < 4.78 is 0. The highest BCUT2D eigenvalue weighted by molar-refractivity contribution is 6.33. The minimum atomic E-state index is -0.359. The summed E-state index contributed by atoms with van der Waals surface area (Å²) in [6.45, 7) is 6.13. The predicted molar refractivity (Wildman–Crippen MR) is 110 cm³/mol. The number of benzene rings is 2. The second kappa shape index (κ2) is 9.37. The molecule has 3 rings (SSSR count). The highest BCUT2D eigenvalue weighted by Gasteiger charge is 2.18. The molecular formula is C19H22Cl2N4O2. The summed E-state index contributed by atoms with van der Waals surface area (Å²) in [7, 11) is 0. The van der Waals surface area contributed by atoms with E-state index in [0.29, 0.717) is 17.3 Å². The Labute approximate surface area is 168 Å². The zero-order valence-electron chi connectivity index (χ0n) is 14.9. The van der Waals surface area contributed by atoms with E-state index >= 15 is 0 Å². The van der Waals surface area contributed by atoms with Gasteiger partial charge >= 0.3 is 0 Å². The van der Waals surface area contributed by atoms with Gasteiger partial charge in [-0.2, -0.15) is 0 Å². The van der Waals surface area contributed by atoms with Crippen LogP contribution in [0, 0.1) is 10.1 Å². The number of hydrogen-bond acceptors (Lipinski definition) is 5. The molecule has 1 aliphatic heterocycles. The van der Waals surface area contributed by atoms with Crippen molar-refractivity contribution in [1.82, 2.24) is 9.80 Å². The quantitative estimate of drug-likeness (QED) is 0.551. The molecule has 1 heterocycles. The average molecular weight is 409 g/mol. The largest absolute Gasteiger partial charge is 0.378 e. The van der Waals surface area contributed by atoms with Gasteiger partial charge in [-0.1, -0.05) is 35.3 Å². The summed E-state index contributed by atoms with van der Waals surface area (Å²) in [5, 5.41) is 15.7. The fourth-order valence-electron chi connectivity index (χ4n) is 3.21. The topological polar surface area (TPSA) is 61.7 Å². The van der Waals surface area contributed by atoms with Crippen LogP contribution in [-0.2, 0) is 6.54 Å². The van der Waals surface area contributed by atoms with E-state index in [4.69, 9.17) is 23.2 Å². The Morgan fingerprint density at radius 3 is 2.48 bits per heavy atom. The molecule has 8 heteroatoms. The number of halogens is 2. The van der Waals surface area contributed by atoms with Crippen molar-refractivity contribution in [3.05, 3.63) is 68.2 Å². The Hall–Kier alpha value is -1.86. The third kappa shape index (κ3) is 5.56. The number of nitro benzene ring substituents is 1. The van der Waals surface area contributed by atoms with Gasteiger partial charge in [0.2, 0.25) is 0 Å². The van der Waals surface area contributed by atoms with Crippen molar-refractivity contribution in [2.75, 3.05) is 44.6 Å². The molecule has 1 aliphatic rings. The van der Waals surface area contributed by atoms with Crippen molar-refractivity contribution < 1.29 is 4.92 Å².